The number of hydrogen-bond acceptors (Lipinski definition) is 4. The fraction of sp³-hybridized carbons (Fsp3) is 0.562. The second-order valence-corrected chi connectivity index (χ2v) is 5.33. The highest BCUT2D eigenvalue weighted by atomic mass is 16.5. The smallest absolute Gasteiger partial charge is 0.234 e. The molecule has 0 aliphatic carbocycles. The van der Waals surface area contributed by atoms with Crippen LogP contribution >= 0.6 is 0 Å². The molecule has 1 amide bonds. The molecule has 0 spiro atoms. The third-order valence-electron chi connectivity index (χ3n) is 3.75. The van der Waals surface area contributed by atoms with E-state index < -0.39 is 0 Å². The van der Waals surface area contributed by atoms with Crippen molar-refractivity contribution in [3.05, 3.63) is 30.3 Å². The van der Waals surface area contributed by atoms with E-state index in [1.165, 1.54) is 5.69 Å². The summed E-state index contributed by atoms with van der Waals surface area (Å²) in [5.74, 6) is 0.0734. The zero-order chi connectivity index (χ0) is 14.9. The molecule has 0 saturated carbocycles. The molecular weight excluding hydrogens is 266 g/mol. The number of carbonyl (C=O) groups is 1. The number of rotatable bonds is 7. The van der Waals surface area contributed by atoms with Crippen LogP contribution in [0.1, 0.15) is 12.8 Å². The first kappa shape index (κ1) is 15.8. The van der Waals surface area contributed by atoms with Gasteiger partial charge in [0.1, 0.15) is 0 Å². The molecule has 2 rings (SSSR count). The number of nitrogens with one attached hydrogen (secondary N) is 2. The van der Waals surface area contributed by atoms with E-state index in [1.54, 1.807) is 7.11 Å². The van der Waals surface area contributed by atoms with Crippen molar-refractivity contribution in [2.75, 3.05) is 44.8 Å². The van der Waals surface area contributed by atoms with Gasteiger partial charge in [0.2, 0.25) is 5.91 Å². The van der Waals surface area contributed by atoms with Gasteiger partial charge in [0.25, 0.3) is 0 Å². The number of nitrogens with zero attached hydrogens (tertiary/aromatic N) is 1. The Morgan fingerprint density at radius 2 is 2.00 bits per heavy atom. The van der Waals surface area contributed by atoms with E-state index in [1.807, 2.05) is 6.07 Å². The summed E-state index contributed by atoms with van der Waals surface area (Å²) in [4.78, 5) is 14.2. The van der Waals surface area contributed by atoms with Gasteiger partial charge in [0.05, 0.1) is 13.2 Å². The predicted octanol–water partition coefficient (Wildman–Crippen LogP) is 1.01. The zero-order valence-corrected chi connectivity index (χ0v) is 12.7. The van der Waals surface area contributed by atoms with Crippen molar-refractivity contribution in [2.24, 2.45) is 0 Å². The van der Waals surface area contributed by atoms with Gasteiger partial charge in [-0.2, -0.15) is 0 Å². The molecule has 1 aromatic rings. The van der Waals surface area contributed by atoms with E-state index in [0.717, 1.165) is 25.9 Å². The van der Waals surface area contributed by atoms with Crippen LogP contribution in [0.3, 0.4) is 0 Å². The predicted molar refractivity (Wildman–Crippen MR) is 84.6 cm³/mol. The minimum atomic E-state index is 0.0734. The SMILES string of the molecule is COCCNCC(=O)NC1CCN(c2ccccc2)CC1. The fourth-order valence-electron chi connectivity index (χ4n) is 2.58. The minimum absolute atomic E-state index is 0.0734. The molecule has 21 heavy (non-hydrogen) atoms. The van der Waals surface area contributed by atoms with Crippen LogP contribution in [0.4, 0.5) is 5.69 Å². The highest BCUT2D eigenvalue weighted by Crippen LogP contribution is 2.19. The van der Waals surface area contributed by atoms with Crippen LogP contribution in [0.2, 0.25) is 0 Å². The number of hydrogen-bond donors (Lipinski definition) is 2. The number of piperidine rings is 1. The van der Waals surface area contributed by atoms with Crippen LogP contribution in [0.15, 0.2) is 30.3 Å². The van der Waals surface area contributed by atoms with Crippen LogP contribution in [0.5, 0.6) is 0 Å². The Labute approximate surface area is 126 Å². The van der Waals surface area contributed by atoms with E-state index in [0.29, 0.717) is 25.7 Å². The second-order valence-electron chi connectivity index (χ2n) is 5.33. The van der Waals surface area contributed by atoms with E-state index in [2.05, 4.69) is 39.8 Å². The van der Waals surface area contributed by atoms with Crippen molar-refractivity contribution >= 4 is 11.6 Å². The number of amides is 1. The topological polar surface area (TPSA) is 53.6 Å². The molecule has 1 fully saturated rings. The normalized spacial score (nSPS) is 16.0. The summed E-state index contributed by atoms with van der Waals surface area (Å²) >= 11 is 0. The molecule has 116 valence electrons. The lowest BCUT2D eigenvalue weighted by Gasteiger charge is -2.34. The number of anilines is 1. The monoisotopic (exact) mass is 291 g/mol. The Hall–Kier alpha value is -1.59. The number of ether oxygens (including phenoxy) is 1. The van der Waals surface area contributed by atoms with Crippen molar-refractivity contribution in [1.29, 1.82) is 0 Å². The lowest BCUT2D eigenvalue weighted by molar-refractivity contribution is -0.121. The Balaban J connectivity index is 1.66. The van der Waals surface area contributed by atoms with E-state index in [4.69, 9.17) is 4.74 Å². The second kappa shape index (κ2) is 8.64. The number of carbonyl (C=O) groups excluding carboxylic acids is 1. The summed E-state index contributed by atoms with van der Waals surface area (Å²) in [5.41, 5.74) is 1.27. The summed E-state index contributed by atoms with van der Waals surface area (Å²) < 4.78 is 4.93. The van der Waals surface area contributed by atoms with Gasteiger partial charge in [-0.15, -0.1) is 0 Å². The van der Waals surface area contributed by atoms with Crippen LogP contribution in [-0.4, -0.2) is 51.8 Å². The molecule has 1 heterocycles. The lowest BCUT2D eigenvalue weighted by Crippen LogP contribution is -2.47. The van der Waals surface area contributed by atoms with E-state index >= 15 is 0 Å². The Bertz CT molecular complexity index is 417. The molecule has 1 aliphatic rings. The van der Waals surface area contributed by atoms with E-state index in [-0.39, 0.29) is 5.91 Å². The minimum Gasteiger partial charge on any atom is -0.383 e. The Morgan fingerprint density at radius 3 is 2.67 bits per heavy atom. The third kappa shape index (κ3) is 5.36. The van der Waals surface area contributed by atoms with Crippen molar-refractivity contribution in [2.45, 2.75) is 18.9 Å². The van der Waals surface area contributed by atoms with Gasteiger partial charge in [-0.05, 0) is 25.0 Å². The Kier molecular flexibility index (Phi) is 6.50. The highest BCUT2D eigenvalue weighted by molar-refractivity contribution is 5.78. The molecule has 5 nitrogen and oxygen atoms in total. The van der Waals surface area contributed by atoms with Gasteiger partial charge in [-0.3, -0.25) is 4.79 Å². The first-order valence-corrected chi connectivity index (χ1v) is 7.58. The molecule has 0 unspecified atom stereocenters. The number of benzene rings is 1. The van der Waals surface area contributed by atoms with Gasteiger partial charge in [0, 0.05) is 38.5 Å². The first-order chi connectivity index (χ1) is 10.3. The molecule has 1 saturated heterocycles. The number of methoxy groups -OCH3 is 1. The Morgan fingerprint density at radius 1 is 1.29 bits per heavy atom. The average molecular weight is 291 g/mol. The maximum Gasteiger partial charge on any atom is 0.234 e. The van der Waals surface area contributed by atoms with Gasteiger partial charge >= 0.3 is 0 Å². The summed E-state index contributed by atoms with van der Waals surface area (Å²) in [7, 11) is 1.66. The lowest BCUT2D eigenvalue weighted by atomic mass is 10.0. The maximum absolute atomic E-state index is 11.8. The summed E-state index contributed by atoms with van der Waals surface area (Å²) in [6.45, 7) is 3.68. The molecule has 5 heteroatoms. The summed E-state index contributed by atoms with van der Waals surface area (Å²) in [6.07, 6.45) is 2.00. The van der Waals surface area contributed by atoms with Crippen LogP contribution in [0, 0.1) is 0 Å². The molecule has 0 bridgehead atoms. The largest absolute Gasteiger partial charge is 0.383 e. The van der Waals surface area contributed by atoms with Gasteiger partial charge in [-0.25, -0.2) is 0 Å². The highest BCUT2D eigenvalue weighted by Gasteiger charge is 2.20. The summed E-state index contributed by atoms with van der Waals surface area (Å²) in [6, 6.07) is 10.7. The number of para-hydroxylation sites is 1. The molecule has 2 N–H and O–H groups in total. The van der Waals surface area contributed by atoms with Gasteiger partial charge in [-0.1, -0.05) is 18.2 Å². The van der Waals surface area contributed by atoms with Crippen molar-refractivity contribution in [3.63, 3.8) is 0 Å². The molecule has 1 aromatic carbocycles. The quantitative estimate of drug-likeness (QED) is 0.736. The third-order valence-corrected chi connectivity index (χ3v) is 3.75. The van der Waals surface area contributed by atoms with Crippen LogP contribution in [-0.2, 0) is 9.53 Å². The van der Waals surface area contributed by atoms with Crippen molar-refractivity contribution < 1.29 is 9.53 Å². The molecule has 0 atom stereocenters. The molecule has 0 aromatic heterocycles. The molecule has 0 radical (unpaired) electrons. The van der Waals surface area contributed by atoms with Crippen LogP contribution < -0.4 is 15.5 Å². The molecular formula is C16H25N3O2. The van der Waals surface area contributed by atoms with Crippen molar-refractivity contribution in [3.8, 4) is 0 Å². The zero-order valence-electron chi connectivity index (χ0n) is 12.7. The average Bonchev–Trinajstić information content (AvgIpc) is 2.53. The first-order valence-electron chi connectivity index (χ1n) is 7.58. The standard InChI is InChI=1S/C16H25N3O2/c1-21-12-9-17-13-16(20)18-14-7-10-19(11-8-14)15-5-3-2-4-6-15/h2-6,14,17H,7-13H2,1H3,(H,18,20). The maximum atomic E-state index is 11.8. The van der Waals surface area contributed by atoms with Crippen molar-refractivity contribution in [1.82, 2.24) is 10.6 Å². The fourth-order valence-corrected chi connectivity index (χ4v) is 2.58. The molecule has 1 aliphatic heterocycles. The van der Waals surface area contributed by atoms with E-state index in [9.17, 15) is 4.79 Å². The van der Waals surface area contributed by atoms with Crippen LogP contribution in [0.25, 0.3) is 0 Å². The van der Waals surface area contributed by atoms with Gasteiger partial charge in [0.15, 0.2) is 0 Å². The summed E-state index contributed by atoms with van der Waals surface area (Å²) in [5, 5.41) is 6.16. The van der Waals surface area contributed by atoms with Gasteiger partial charge < -0.3 is 20.3 Å².